The smallest absolute Gasteiger partial charge is 0.243 e. The minimum absolute atomic E-state index is 0.0240. The van der Waals surface area contributed by atoms with Gasteiger partial charge in [0.1, 0.15) is 12.3 Å². The summed E-state index contributed by atoms with van der Waals surface area (Å²) in [5.74, 6) is 1.56. The highest BCUT2D eigenvalue weighted by molar-refractivity contribution is 5.85. The second kappa shape index (κ2) is 9.69. The third-order valence-corrected chi connectivity index (χ3v) is 6.84. The first-order chi connectivity index (χ1) is 14.4. The van der Waals surface area contributed by atoms with Crippen molar-refractivity contribution < 1.29 is 14.3 Å². The lowest BCUT2D eigenvalue weighted by Crippen LogP contribution is -2.65. The summed E-state index contributed by atoms with van der Waals surface area (Å²) in [7, 11) is 5.30. The largest absolute Gasteiger partial charge is 0.493 e. The molecule has 2 aliphatic rings. The Bertz CT molecular complexity index is 761. The molecule has 1 aromatic carbocycles. The van der Waals surface area contributed by atoms with Gasteiger partial charge in [-0.05, 0) is 25.3 Å². The van der Waals surface area contributed by atoms with Crippen molar-refractivity contribution in [2.24, 2.45) is 10.4 Å². The molecule has 1 fully saturated rings. The number of hydrogen-bond donors (Lipinski definition) is 2. The second-order valence-electron chi connectivity index (χ2n) is 8.42. The number of methoxy groups -OCH3 is 1. The van der Waals surface area contributed by atoms with Gasteiger partial charge in [-0.3, -0.25) is 4.79 Å². The van der Waals surface area contributed by atoms with Gasteiger partial charge in [-0.15, -0.1) is 0 Å². The summed E-state index contributed by atoms with van der Waals surface area (Å²) in [5.41, 5.74) is 1.20. The Balaban J connectivity index is 1.80. The summed E-state index contributed by atoms with van der Waals surface area (Å²) >= 11 is 0. The molecule has 7 heteroatoms. The highest BCUT2D eigenvalue weighted by atomic mass is 16.5. The van der Waals surface area contributed by atoms with Crippen molar-refractivity contribution >= 4 is 11.9 Å². The Labute approximate surface area is 180 Å². The van der Waals surface area contributed by atoms with Crippen LogP contribution in [-0.4, -0.2) is 63.3 Å². The van der Waals surface area contributed by atoms with Crippen LogP contribution in [0.15, 0.2) is 29.3 Å². The predicted octanol–water partition coefficient (Wildman–Crippen LogP) is 2.73. The third kappa shape index (κ3) is 4.41. The average Bonchev–Trinajstić information content (AvgIpc) is 2.75. The van der Waals surface area contributed by atoms with Crippen LogP contribution in [0.3, 0.4) is 0 Å². The van der Waals surface area contributed by atoms with Gasteiger partial charge in [-0.2, -0.15) is 0 Å². The second-order valence-corrected chi connectivity index (χ2v) is 8.42. The number of amides is 1. The molecular formula is C23H36N4O3. The van der Waals surface area contributed by atoms with E-state index in [4.69, 9.17) is 9.47 Å². The van der Waals surface area contributed by atoms with E-state index in [0.717, 1.165) is 37.0 Å². The van der Waals surface area contributed by atoms with Gasteiger partial charge in [0.05, 0.1) is 18.8 Å². The van der Waals surface area contributed by atoms with Gasteiger partial charge in [0.2, 0.25) is 5.91 Å². The van der Waals surface area contributed by atoms with Gasteiger partial charge in [0, 0.05) is 44.6 Å². The fraction of sp³-hybridized carbons (Fsp3) is 0.652. The molecule has 1 heterocycles. The average molecular weight is 417 g/mol. The number of nitrogens with zero attached hydrogens (tertiary/aromatic N) is 2. The van der Waals surface area contributed by atoms with Crippen LogP contribution in [0.5, 0.6) is 5.75 Å². The first-order valence-electron chi connectivity index (χ1n) is 11.0. The Kier molecular flexibility index (Phi) is 7.23. The number of guanidine groups is 1. The van der Waals surface area contributed by atoms with Crippen molar-refractivity contribution in [1.82, 2.24) is 15.5 Å². The number of fused-ring (bicyclic) bond motifs is 1. The predicted molar refractivity (Wildman–Crippen MR) is 119 cm³/mol. The molecule has 0 spiro atoms. The first kappa shape index (κ1) is 22.4. The summed E-state index contributed by atoms with van der Waals surface area (Å²) in [6.07, 6.45) is 4.09. The Morgan fingerprint density at radius 3 is 2.67 bits per heavy atom. The van der Waals surface area contributed by atoms with Crippen LogP contribution in [0, 0.1) is 5.41 Å². The minimum atomic E-state index is -0.0240. The molecule has 3 atom stereocenters. The van der Waals surface area contributed by atoms with E-state index in [0.29, 0.717) is 12.6 Å². The molecule has 2 N–H and O–H groups in total. The topological polar surface area (TPSA) is 75.2 Å². The van der Waals surface area contributed by atoms with Gasteiger partial charge in [-0.1, -0.05) is 32.0 Å². The van der Waals surface area contributed by atoms with E-state index in [2.05, 4.69) is 35.5 Å². The zero-order valence-corrected chi connectivity index (χ0v) is 18.9. The number of aliphatic imine (C=N–C) groups is 1. The molecule has 0 aromatic heterocycles. The van der Waals surface area contributed by atoms with Crippen molar-refractivity contribution in [2.45, 2.75) is 57.7 Å². The number of benzene rings is 1. The van der Waals surface area contributed by atoms with E-state index >= 15 is 0 Å². The Hall–Kier alpha value is -2.28. The van der Waals surface area contributed by atoms with E-state index in [1.165, 1.54) is 0 Å². The minimum Gasteiger partial charge on any atom is -0.493 e. The standard InChI is InChI=1S/C23H36N4O3/c1-6-23(7-2)19(14-20(23)29-5)26-22(24-15-21(28)27(3)4)25-17-12-13-30-18-11-9-8-10-16(17)18/h8-11,17,19-20H,6-7,12-15H2,1-5H3,(H2,24,25,26). The van der Waals surface area contributed by atoms with E-state index in [9.17, 15) is 4.79 Å². The Morgan fingerprint density at radius 2 is 2.00 bits per heavy atom. The molecule has 1 aliphatic heterocycles. The maximum Gasteiger partial charge on any atom is 0.243 e. The highest BCUT2D eigenvalue weighted by Crippen LogP contribution is 2.48. The zero-order valence-electron chi connectivity index (χ0n) is 18.9. The molecule has 0 saturated heterocycles. The van der Waals surface area contributed by atoms with E-state index in [1.807, 2.05) is 18.2 Å². The number of para-hydroxylation sites is 1. The molecule has 7 nitrogen and oxygen atoms in total. The van der Waals surface area contributed by atoms with Crippen molar-refractivity contribution in [3.63, 3.8) is 0 Å². The monoisotopic (exact) mass is 416 g/mol. The third-order valence-electron chi connectivity index (χ3n) is 6.84. The fourth-order valence-corrected chi connectivity index (χ4v) is 4.72. The van der Waals surface area contributed by atoms with Crippen LogP contribution < -0.4 is 15.4 Å². The van der Waals surface area contributed by atoms with Crippen molar-refractivity contribution in [1.29, 1.82) is 0 Å². The molecule has 1 amide bonds. The number of nitrogens with one attached hydrogen (secondary N) is 2. The van der Waals surface area contributed by atoms with Gasteiger partial charge in [0.25, 0.3) is 0 Å². The van der Waals surface area contributed by atoms with Crippen molar-refractivity contribution in [3.8, 4) is 5.75 Å². The van der Waals surface area contributed by atoms with E-state index in [-0.39, 0.29) is 36.1 Å². The number of carbonyl (C=O) groups excluding carboxylic acids is 1. The van der Waals surface area contributed by atoms with Crippen LogP contribution >= 0.6 is 0 Å². The van der Waals surface area contributed by atoms with Crippen LogP contribution in [-0.2, 0) is 9.53 Å². The molecule has 166 valence electrons. The van der Waals surface area contributed by atoms with Gasteiger partial charge in [-0.25, -0.2) is 4.99 Å². The number of likely N-dealkylation sites (N-methyl/N-ethyl adjacent to an activating group) is 1. The molecule has 30 heavy (non-hydrogen) atoms. The van der Waals surface area contributed by atoms with Crippen molar-refractivity contribution in [2.75, 3.05) is 34.4 Å². The molecular weight excluding hydrogens is 380 g/mol. The normalized spacial score (nSPS) is 24.8. The summed E-state index contributed by atoms with van der Waals surface area (Å²) in [5, 5.41) is 7.20. The molecule has 1 saturated carbocycles. The van der Waals surface area contributed by atoms with Gasteiger partial charge < -0.3 is 25.0 Å². The number of rotatable bonds is 7. The molecule has 0 bridgehead atoms. The molecule has 1 aromatic rings. The molecule has 3 unspecified atom stereocenters. The van der Waals surface area contributed by atoms with Gasteiger partial charge in [0.15, 0.2) is 5.96 Å². The summed E-state index contributed by atoms with van der Waals surface area (Å²) in [4.78, 5) is 18.4. The molecule has 0 radical (unpaired) electrons. The first-order valence-corrected chi connectivity index (χ1v) is 11.0. The maximum absolute atomic E-state index is 12.2. The van der Waals surface area contributed by atoms with E-state index < -0.39 is 0 Å². The highest BCUT2D eigenvalue weighted by Gasteiger charge is 2.53. The molecule has 1 aliphatic carbocycles. The lowest BCUT2D eigenvalue weighted by molar-refractivity contribution is -0.127. The van der Waals surface area contributed by atoms with Crippen LogP contribution in [0.4, 0.5) is 0 Å². The van der Waals surface area contributed by atoms with Crippen LogP contribution in [0.25, 0.3) is 0 Å². The number of carbonyl (C=O) groups is 1. The summed E-state index contributed by atoms with van der Waals surface area (Å²) in [6.45, 7) is 5.20. The Morgan fingerprint density at radius 1 is 1.27 bits per heavy atom. The molecule has 3 rings (SSSR count). The quantitative estimate of drug-likeness (QED) is 0.528. The van der Waals surface area contributed by atoms with Crippen LogP contribution in [0.1, 0.15) is 51.1 Å². The van der Waals surface area contributed by atoms with E-state index in [1.54, 1.807) is 26.1 Å². The summed E-state index contributed by atoms with van der Waals surface area (Å²) < 4.78 is 11.5. The lowest BCUT2D eigenvalue weighted by Gasteiger charge is -2.55. The van der Waals surface area contributed by atoms with Crippen molar-refractivity contribution in [3.05, 3.63) is 29.8 Å². The zero-order chi connectivity index (χ0) is 21.7. The fourth-order valence-electron chi connectivity index (χ4n) is 4.72. The van der Waals surface area contributed by atoms with Gasteiger partial charge >= 0.3 is 0 Å². The SMILES string of the molecule is CCC1(CC)C(NC(=NCC(=O)N(C)C)NC2CCOc3ccccc32)CC1OC. The van der Waals surface area contributed by atoms with Crippen LogP contribution in [0.2, 0.25) is 0 Å². The summed E-state index contributed by atoms with van der Waals surface area (Å²) in [6, 6.07) is 8.44. The maximum atomic E-state index is 12.2. The number of hydrogen-bond acceptors (Lipinski definition) is 4. The lowest BCUT2D eigenvalue weighted by atomic mass is 9.58. The number of ether oxygens (including phenoxy) is 2.